The summed E-state index contributed by atoms with van der Waals surface area (Å²) in [6.07, 6.45) is 0. The molecular weight excluding hydrogens is 484 g/mol. The molecule has 10 nitrogen and oxygen atoms in total. The van der Waals surface area contributed by atoms with Crippen LogP contribution in [0.15, 0.2) is 70.2 Å². The molecule has 0 aliphatic carbocycles. The molecule has 1 heterocycles. The van der Waals surface area contributed by atoms with E-state index in [0.717, 1.165) is 16.1 Å². The lowest BCUT2D eigenvalue weighted by Gasteiger charge is -2.19. The highest BCUT2D eigenvalue weighted by Crippen LogP contribution is 2.33. The molecule has 0 saturated carbocycles. The van der Waals surface area contributed by atoms with Crippen LogP contribution in [0.4, 0.5) is 17.1 Å². The smallest absolute Gasteiger partial charge is 0.301 e. The van der Waals surface area contributed by atoms with Crippen molar-refractivity contribution in [3.8, 4) is 11.5 Å². The number of nitrogens with zero attached hydrogens (tertiary/aromatic N) is 3. The molecular formula is C21H15BrN4O6. The molecule has 32 heavy (non-hydrogen) atoms. The van der Waals surface area contributed by atoms with Gasteiger partial charge in [0, 0.05) is 21.7 Å². The number of benzene rings is 3. The maximum Gasteiger partial charge on any atom is 0.301 e. The van der Waals surface area contributed by atoms with Crippen molar-refractivity contribution in [1.29, 1.82) is 0 Å². The lowest BCUT2D eigenvalue weighted by molar-refractivity contribution is -0.393. The van der Waals surface area contributed by atoms with Gasteiger partial charge in [-0.2, -0.15) is 5.10 Å². The summed E-state index contributed by atoms with van der Waals surface area (Å²) in [5.74, 6) is 1.18. The number of nitro benzene ring substituents is 2. The van der Waals surface area contributed by atoms with Crippen molar-refractivity contribution in [2.45, 2.75) is 0 Å². The normalized spacial score (nSPS) is 12.8. The van der Waals surface area contributed by atoms with Gasteiger partial charge in [-0.3, -0.25) is 25.7 Å². The zero-order chi connectivity index (χ0) is 22.7. The van der Waals surface area contributed by atoms with Crippen LogP contribution in [-0.2, 0) is 0 Å². The number of anilines is 1. The average Bonchev–Trinajstić information content (AvgIpc) is 2.80. The molecule has 0 radical (unpaired) electrons. The highest BCUT2D eigenvalue weighted by molar-refractivity contribution is 9.10. The number of nitro groups is 2. The number of rotatable bonds is 6. The fraction of sp³-hybridized carbons (Fsp3) is 0.0952. The highest BCUT2D eigenvalue weighted by atomic mass is 79.9. The minimum Gasteiger partial charge on any atom is -0.486 e. The third kappa shape index (κ3) is 4.37. The van der Waals surface area contributed by atoms with Crippen molar-refractivity contribution in [2.75, 3.05) is 18.6 Å². The lowest BCUT2D eigenvalue weighted by Crippen LogP contribution is -2.16. The third-order valence-corrected chi connectivity index (χ3v) is 5.31. The SMILES string of the molecule is O=[N+]([O-])c1ccc(NN=C(c2ccc3c(c2)OCCO3)c2ccccc2Br)c([N+](=O)[O-])c1. The Labute approximate surface area is 189 Å². The van der Waals surface area contributed by atoms with Crippen molar-refractivity contribution in [3.63, 3.8) is 0 Å². The molecule has 0 atom stereocenters. The number of hydrogen-bond acceptors (Lipinski definition) is 8. The molecule has 0 fully saturated rings. The minimum absolute atomic E-state index is 0.0164. The number of non-ortho nitro benzene ring substituents is 1. The predicted octanol–water partition coefficient (Wildman–Crippen LogP) is 4.90. The maximum atomic E-state index is 11.5. The van der Waals surface area contributed by atoms with Crippen molar-refractivity contribution in [3.05, 3.63) is 96.5 Å². The average molecular weight is 499 g/mol. The van der Waals surface area contributed by atoms with Gasteiger partial charge in [-0.1, -0.05) is 34.1 Å². The van der Waals surface area contributed by atoms with Crippen LogP contribution in [-0.4, -0.2) is 28.8 Å². The number of hydrazone groups is 1. The monoisotopic (exact) mass is 498 g/mol. The molecule has 4 rings (SSSR count). The number of hydrogen-bond donors (Lipinski definition) is 1. The Morgan fingerprint density at radius 1 is 0.938 bits per heavy atom. The van der Waals surface area contributed by atoms with Crippen molar-refractivity contribution >= 4 is 38.7 Å². The molecule has 0 aromatic heterocycles. The molecule has 11 heteroatoms. The molecule has 1 N–H and O–H groups in total. The second-order valence-electron chi connectivity index (χ2n) is 6.63. The van der Waals surface area contributed by atoms with Gasteiger partial charge in [0.05, 0.1) is 21.6 Å². The summed E-state index contributed by atoms with van der Waals surface area (Å²) in [4.78, 5) is 21.0. The number of nitrogens with one attached hydrogen (secondary N) is 1. The second-order valence-corrected chi connectivity index (χ2v) is 7.48. The molecule has 3 aromatic carbocycles. The van der Waals surface area contributed by atoms with E-state index < -0.39 is 15.5 Å². The number of fused-ring (bicyclic) bond motifs is 1. The minimum atomic E-state index is -0.701. The van der Waals surface area contributed by atoms with Gasteiger partial charge in [-0.15, -0.1) is 0 Å². The van der Waals surface area contributed by atoms with E-state index in [-0.39, 0.29) is 11.4 Å². The van der Waals surface area contributed by atoms with Gasteiger partial charge in [0.1, 0.15) is 18.9 Å². The van der Waals surface area contributed by atoms with E-state index in [9.17, 15) is 20.2 Å². The van der Waals surface area contributed by atoms with Gasteiger partial charge in [0.25, 0.3) is 5.69 Å². The van der Waals surface area contributed by atoms with Crippen LogP contribution in [0.3, 0.4) is 0 Å². The first-order valence-electron chi connectivity index (χ1n) is 9.35. The van der Waals surface area contributed by atoms with Gasteiger partial charge in [-0.25, -0.2) is 0 Å². The van der Waals surface area contributed by atoms with Gasteiger partial charge < -0.3 is 9.47 Å². The quantitative estimate of drug-likeness (QED) is 0.290. The zero-order valence-electron chi connectivity index (χ0n) is 16.4. The molecule has 162 valence electrons. The molecule has 0 bridgehead atoms. The van der Waals surface area contributed by atoms with E-state index in [2.05, 4.69) is 26.5 Å². The molecule has 0 unspecified atom stereocenters. The first-order chi connectivity index (χ1) is 15.4. The third-order valence-electron chi connectivity index (χ3n) is 4.62. The van der Waals surface area contributed by atoms with Gasteiger partial charge >= 0.3 is 5.69 Å². The zero-order valence-corrected chi connectivity index (χ0v) is 17.9. The fourth-order valence-electron chi connectivity index (χ4n) is 3.12. The van der Waals surface area contributed by atoms with Crippen LogP contribution < -0.4 is 14.9 Å². The van der Waals surface area contributed by atoms with Crippen LogP contribution >= 0.6 is 15.9 Å². The summed E-state index contributed by atoms with van der Waals surface area (Å²) in [5, 5.41) is 26.9. The maximum absolute atomic E-state index is 11.5. The highest BCUT2D eigenvalue weighted by Gasteiger charge is 2.21. The summed E-state index contributed by atoms with van der Waals surface area (Å²) >= 11 is 3.51. The van der Waals surface area contributed by atoms with Crippen molar-refractivity contribution in [2.24, 2.45) is 5.10 Å². The van der Waals surface area contributed by atoms with Crippen LogP contribution in [0.1, 0.15) is 11.1 Å². The van der Waals surface area contributed by atoms with Crippen LogP contribution in [0.2, 0.25) is 0 Å². The Balaban J connectivity index is 1.79. The Morgan fingerprint density at radius 3 is 2.41 bits per heavy atom. The standard InChI is InChI=1S/C21H15BrN4O6/c22-16-4-2-1-3-15(16)21(13-5-8-19-20(11-13)32-10-9-31-19)24-23-17-7-6-14(25(27)28)12-18(17)26(29)30/h1-8,11-12,23H,9-10H2. The second kappa shape index (κ2) is 9.02. The first kappa shape index (κ1) is 21.2. The summed E-state index contributed by atoms with van der Waals surface area (Å²) in [5.41, 5.74) is 3.74. The van der Waals surface area contributed by atoms with Crippen molar-refractivity contribution < 1.29 is 19.3 Å². The predicted molar refractivity (Wildman–Crippen MR) is 121 cm³/mol. The Hall–Kier alpha value is -3.99. The first-order valence-corrected chi connectivity index (χ1v) is 10.1. The molecule has 1 aliphatic rings. The molecule has 0 amide bonds. The Morgan fingerprint density at radius 2 is 1.69 bits per heavy atom. The van der Waals surface area contributed by atoms with E-state index in [1.807, 2.05) is 24.3 Å². The van der Waals surface area contributed by atoms with Crippen molar-refractivity contribution in [1.82, 2.24) is 0 Å². The Kier molecular flexibility index (Phi) is 5.99. The molecule has 0 saturated heterocycles. The molecule has 3 aromatic rings. The topological polar surface area (TPSA) is 129 Å². The summed E-state index contributed by atoms with van der Waals surface area (Å²) in [6.45, 7) is 0.883. The van der Waals surface area contributed by atoms with Crippen LogP contribution in [0.5, 0.6) is 11.5 Å². The van der Waals surface area contributed by atoms with Gasteiger partial charge in [0.15, 0.2) is 11.5 Å². The van der Waals surface area contributed by atoms with Gasteiger partial charge in [-0.05, 0) is 30.3 Å². The van der Waals surface area contributed by atoms with Crippen LogP contribution in [0, 0.1) is 20.2 Å². The van der Waals surface area contributed by atoms with Gasteiger partial charge in [0.2, 0.25) is 0 Å². The summed E-state index contributed by atoms with van der Waals surface area (Å²) in [6, 6.07) is 16.0. The lowest BCUT2D eigenvalue weighted by atomic mass is 10.0. The van der Waals surface area contributed by atoms with Crippen LogP contribution in [0.25, 0.3) is 0 Å². The number of halogens is 1. The summed E-state index contributed by atoms with van der Waals surface area (Å²) < 4.78 is 12.0. The summed E-state index contributed by atoms with van der Waals surface area (Å²) in [7, 11) is 0. The van der Waals surface area contributed by atoms with E-state index in [1.165, 1.54) is 12.1 Å². The molecule has 0 spiro atoms. The number of ether oxygens (including phenoxy) is 2. The van der Waals surface area contributed by atoms with E-state index >= 15 is 0 Å². The van der Waals surface area contributed by atoms with E-state index in [4.69, 9.17) is 9.47 Å². The fourth-order valence-corrected chi connectivity index (χ4v) is 3.59. The largest absolute Gasteiger partial charge is 0.486 e. The Bertz CT molecular complexity index is 1250. The van der Waals surface area contributed by atoms with E-state index in [1.54, 1.807) is 18.2 Å². The van der Waals surface area contributed by atoms with E-state index in [0.29, 0.717) is 36.0 Å². The molecule has 1 aliphatic heterocycles.